The topological polar surface area (TPSA) is 29.5 Å². The molecule has 0 aliphatic carbocycles. The van der Waals surface area contributed by atoms with Crippen LogP contribution in [0.4, 0.5) is 0 Å². The third-order valence-corrected chi connectivity index (χ3v) is 2.69. The molecule has 0 saturated carbocycles. The fraction of sp³-hybridized carbons (Fsp3) is 0.158. The molecule has 2 aromatic carbocycles. The summed E-state index contributed by atoms with van der Waals surface area (Å²) >= 11 is 0. The summed E-state index contributed by atoms with van der Waals surface area (Å²) in [5, 5.41) is 9.56. The van der Waals surface area contributed by atoms with E-state index in [0.717, 1.165) is 11.1 Å². The second-order valence-electron chi connectivity index (χ2n) is 4.31. The van der Waals surface area contributed by atoms with Crippen molar-refractivity contribution in [3.63, 3.8) is 0 Å². The van der Waals surface area contributed by atoms with Gasteiger partial charge in [0, 0.05) is 12.0 Å². The molecule has 2 rings (SSSR count). The zero-order valence-corrected chi connectivity index (χ0v) is 11.6. The van der Waals surface area contributed by atoms with Gasteiger partial charge in [0.2, 0.25) is 6.29 Å². The Balaban J connectivity index is 1.73. The lowest BCUT2D eigenvalue weighted by Gasteiger charge is -2.00. The van der Waals surface area contributed by atoms with Crippen molar-refractivity contribution >= 4 is 0 Å². The van der Waals surface area contributed by atoms with Crippen LogP contribution in [0, 0.1) is 23.7 Å². The van der Waals surface area contributed by atoms with Crippen LogP contribution in [0.2, 0.25) is 0 Å². The van der Waals surface area contributed by atoms with E-state index in [1.165, 1.54) is 0 Å². The van der Waals surface area contributed by atoms with Crippen LogP contribution in [-0.4, -0.2) is 18.0 Å². The number of aliphatic hydroxyl groups excluding tert-OH is 1. The average Bonchev–Trinajstić information content (AvgIpc) is 2.54. The van der Waals surface area contributed by atoms with E-state index in [0.29, 0.717) is 6.42 Å². The first-order chi connectivity index (χ1) is 10.3. The van der Waals surface area contributed by atoms with Crippen molar-refractivity contribution < 1.29 is 9.84 Å². The van der Waals surface area contributed by atoms with Crippen molar-refractivity contribution in [3.8, 4) is 23.7 Å². The van der Waals surface area contributed by atoms with Crippen LogP contribution >= 0.6 is 0 Å². The fourth-order valence-electron chi connectivity index (χ4n) is 1.64. The molecule has 0 aromatic heterocycles. The molecule has 0 saturated heterocycles. The van der Waals surface area contributed by atoms with Gasteiger partial charge in [-0.3, -0.25) is 0 Å². The summed E-state index contributed by atoms with van der Waals surface area (Å²) in [5.74, 6) is 11.3. The number of hydrogen-bond acceptors (Lipinski definition) is 2. The summed E-state index contributed by atoms with van der Waals surface area (Å²) in [5.41, 5.74) is 2.00. The summed E-state index contributed by atoms with van der Waals surface area (Å²) in [4.78, 5) is 0. The van der Waals surface area contributed by atoms with Gasteiger partial charge in [0.25, 0.3) is 0 Å². The molecule has 0 aliphatic heterocycles. The monoisotopic (exact) mass is 276 g/mol. The molecule has 0 amide bonds. The zero-order chi connectivity index (χ0) is 14.8. The second kappa shape index (κ2) is 8.61. The zero-order valence-electron chi connectivity index (χ0n) is 11.6. The minimum Gasteiger partial charge on any atom is -0.358 e. The van der Waals surface area contributed by atoms with Crippen LogP contribution in [0.1, 0.15) is 11.1 Å². The van der Waals surface area contributed by atoms with E-state index < -0.39 is 6.29 Å². The van der Waals surface area contributed by atoms with E-state index in [1.54, 1.807) is 0 Å². The predicted octanol–water partition coefficient (Wildman–Crippen LogP) is 2.62. The summed E-state index contributed by atoms with van der Waals surface area (Å²) in [6.45, 7) is 0.164. The minimum absolute atomic E-state index is 0.164. The SMILES string of the molecule is OC(C#Cc1ccccc1)OCC#CCc1ccccc1. The van der Waals surface area contributed by atoms with Crippen molar-refractivity contribution in [2.45, 2.75) is 12.7 Å². The third-order valence-electron chi connectivity index (χ3n) is 2.69. The van der Waals surface area contributed by atoms with Crippen LogP contribution < -0.4 is 0 Å². The molecule has 0 aliphatic rings. The summed E-state index contributed by atoms with van der Waals surface area (Å²) in [6.07, 6.45) is -0.438. The quantitative estimate of drug-likeness (QED) is 0.690. The van der Waals surface area contributed by atoms with Crippen molar-refractivity contribution in [2.75, 3.05) is 6.61 Å². The summed E-state index contributed by atoms with van der Waals surface area (Å²) in [6, 6.07) is 19.4. The highest BCUT2D eigenvalue weighted by molar-refractivity contribution is 5.34. The molecule has 2 heteroatoms. The third kappa shape index (κ3) is 5.97. The maximum absolute atomic E-state index is 9.56. The van der Waals surface area contributed by atoms with Gasteiger partial charge in [-0.05, 0) is 23.6 Å². The van der Waals surface area contributed by atoms with Gasteiger partial charge < -0.3 is 9.84 Å². The molecule has 0 bridgehead atoms. The molecule has 1 N–H and O–H groups in total. The molecule has 0 spiro atoms. The molecular weight excluding hydrogens is 260 g/mol. The number of benzene rings is 2. The minimum atomic E-state index is -1.11. The first-order valence-electron chi connectivity index (χ1n) is 6.70. The van der Waals surface area contributed by atoms with E-state index in [1.807, 2.05) is 60.7 Å². The maximum atomic E-state index is 9.56. The standard InChI is InChI=1S/C19H16O2/c20-19(15-14-18-11-5-2-6-12-18)21-16-8-7-13-17-9-3-1-4-10-17/h1-6,9-12,19-20H,13,16H2. The fourth-order valence-corrected chi connectivity index (χ4v) is 1.64. The summed E-state index contributed by atoms with van der Waals surface area (Å²) in [7, 11) is 0. The van der Waals surface area contributed by atoms with Gasteiger partial charge in [-0.15, -0.1) is 0 Å². The Morgan fingerprint density at radius 2 is 1.57 bits per heavy atom. The molecule has 1 unspecified atom stereocenters. The molecule has 104 valence electrons. The van der Waals surface area contributed by atoms with Gasteiger partial charge in [-0.25, -0.2) is 0 Å². The first kappa shape index (κ1) is 14.9. The highest BCUT2D eigenvalue weighted by Crippen LogP contribution is 1.98. The lowest BCUT2D eigenvalue weighted by Crippen LogP contribution is -2.09. The van der Waals surface area contributed by atoms with Gasteiger partial charge in [0.1, 0.15) is 6.61 Å². The largest absolute Gasteiger partial charge is 0.358 e. The molecule has 2 nitrogen and oxygen atoms in total. The molecule has 0 radical (unpaired) electrons. The maximum Gasteiger partial charge on any atom is 0.221 e. The number of ether oxygens (including phenoxy) is 1. The Morgan fingerprint density at radius 3 is 2.29 bits per heavy atom. The van der Waals surface area contributed by atoms with E-state index in [2.05, 4.69) is 23.7 Å². The Bertz CT molecular complexity index is 655. The Labute approximate surface area is 125 Å². The van der Waals surface area contributed by atoms with Crippen molar-refractivity contribution in [2.24, 2.45) is 0 Å². The van der Waals surface area contributed by atoms with E-state index in [4.69, 9.17) is 4.74 Å². The lowest BCUT2D eigenvalue weighted by atomic mass is 10.2. The van der Waals surface area contributed by atoms with Crippen LogP contribution in [0.3, 0.4) is 0 Å². The summed E-state index contributed by atoms with van der Waals surface area (Å²) < 4.78 is 5.11. The normalized spacial score (nSPS) is 10.7. The molecule has 2 aromatic rings. The van der Waals surface area contributed by atoms with Crippen molar-refractivity contribution in [1.82, 2.24) is 0 Å². The van der Waals surface area contributed by atoms with Crippen molar-refractivity contribution in [1.29, 1.82) is 0 Å². The lowest BCUT2D eigenvalue weighted by molar-refractivity contribution is -0.0428. The highest BCUT2D eigenvalue weighted by Gasteiger charge is 1.95. The van der Waals surface area contributed by atoms with Gasteiger partial charge in [0.05, 0.1) is 0 Å². The highest BCUT2D eigenvalue weighted by atomic mass is 16.6. The van der Waals surface area contributed by atoms with Crippen molar-refractivity contribution in [3.05, 3.63) is 71.8 Å². The Morgan fingerprint density at radius 1 is 0.905 bits per heavy atom. The molecule has 0 fully saturated rings. The Kier molecular flexibility index (Phi) is 6.10. The predicted molar refractivity (Wildman–Crippen MR) is 83.2 cm³/mol. The van der Waals surface area contributed by atoms with E-state index in [-0.39, 0.29) is 6.61 Å². The molecular formula is C19H16O2. The smallest absolute Gasteiger partial charge is 0.221 e. The van der Waals surface area contributed by atoms with E-state index in [9.17, 15) is 5.11 Å². The van der Waals surface area contributed by atoms with Gasteiger partial charge in [0.15, 0.2) is 0 Å². The molecule has 21 heavy (non-hydrogen) atoms. The average molecular weight is 276 g/mol. The van der Waals surface area contributed by atoms with Gasteiger partial charge >= 0.3 is 0 Å². The van der Waals surface area contributed by atoms with Crippen LogP contribution in [0.25, 0.3) is 0 Å². The second-order valence-corrected chi connectivity index (χ2v) is 4.31. The number of aliphatic hydroxyl groups is 1. The molecule has 1 atom stereocenters. The first-order valence-corrected chi connectivity index (χ1v) is 6.70. The molecule has 0 heterocycles. The van der Waals surface area contributed by atoms with Crippen LogP contribution in [0.5, 0.6) is 0 Å². The number of rotatable bonds is 3. The Hall–Kier alpha value is -2.52. The van der Waals surface area contributed by atoms with Gasteiger partial charge in [-0.2, -0.15) is 0 Å². The number of hydrogen-bond donors (Lipinski definition) is 1. The van der Waals surface area contributed by atoms with Crippen LogP contribution in [-0.2, 0) is 11.2 Å². The van der Waals surface area contributed by atoms with Gasteiger partial charge in [-0.1, -0.05) is 66.3 Å². The van der Waals surface area contributed by atoms with Crippen LogP contribution in [0.15, 0.2) is 60.7 Å². The van der Waals surface area contributed by atoms with E-state index >= 15 is 0 Å².